The lowest BCUT2D eigenvalue weighted by Gasteiger charge is -2.26. The molecule has 2 N–H and O–H groups in total. The first-order valence-corrected chi connectivity index (χ1v) is 11.6. The topological polar surface area (TPSA) is 84.6 Å². The van der Waals surface area contributed by atoms with E-state index >= 15 is 0 Å². The van der Waals surface area contributed by atoms with E-state index in [4.69, 9.17) is 20.8 Å². The molecule has 0 aliphatic heterocycles. The molecule has 0 bridgehead atoms. The number of aliphatic carboxylic acids is 1. The second-order valence-corrected chi connectivity index (χ2v) is 9.02. The maximum Gasteiger partial charge on any atom is 0.347 e. The maximum absolute atomic E-state index is 11.6. The number of aromatic nitrogens is 1. The van der Waals surface area contributed by atoms with E-state index in [2.05, 4.69) is 17.2 Å². The summed E-state index contributed by atoms with van der Waals surface area (Å²) in [4.78, 5) is 16.2. The van der Waals surface area contributed by atoms with Crippen LogP contribution in [-0.4, -0.2) is 21.7 Å². The van der Waals surface area contributed by atoms with E-state index in [1.54, 1.807) is 19.9 Å². The van der Waals surface area contributed by atoms with Crippen LogP contribution >= 0.6 is 11.6 Å². The van der Waals surface area contributed by atoms with Gasteiger partial charge in [0.25, 0.3) is 0 Å². The van der Waals surface area contributed by atoms with E-state index in [0.29, 0.717) is 23.2 Å². The van der Waals surface area contributed by atoms with Crippen LogP contribution in [0.1, 0.15) is 44.4 Å². The number of fused-ring (bicyclic) bond motifs is 1. The standard InChI is InChI=1S/C27H27ClN2O4/c1-4-21(19-9-5-7-11-23(19)34-27(2,3)26(31)32)29-16-17-13-14-18(28)15-20(17)25-30-22-10-6-8-12-24(22)33-25/h5-15,21,29H,4,16H2,1-3H3,(H,31,32). The largest absolute Gasteiger partial charge is 0.478 e. The minimum absolute atomic E-state index is 0.0621. The summed E-state index contributed by atoms with van der Waals surface area (Å²) < 4.78 is 11.9. The molecule has 0 amide bonds. The molecule has 0 aliphatic carbocycles. The molecular weight excluding hydrogens is 452 g/mol. The molecule has 3 aromatic carbocycles. The predicted molar refractivity (Wildman–Crippen MR) is 133 cm³/mol. The van der Waals surface area contributed by atoms with Gasteiger partial charge in [-0.05, 0) is 56.2 Å². The molecule has 0 fully saturated rings. The lowest BCUT2D eigenvalue weighted by molar-refractivity contribution is -0.152. The van der Waals surface area contributed by atoms with Gasteiger partial charge in [0.05, 0.1) is 0 Å². The van der Waals surface area contributed by atoms with Crippen molar-refractivity contribution in [2.24, 2.45) is 0 Å². The number of hydrogen-bond acceptors (Lipinski definition) is 5. The summed E-state index contributed by atoms with van der Waals surface area (Å²) >= 11 is 6.30. The van der Waals surface area contributed by atoms with Crippen LogP contribution in [0.15, 0.2) is 71.1 Å². The van der Waals surface area contributed by atoms with Crippen molar-refractivity contribution in [3.05, 3.63) is 82.9 Å². The molecule has 0 aliphatic rings. The zero-order valence-corrected chi connectivity index (χ0v) is 20.1. The van der Waals surface area contributed by atoms with Crippen LogP contribution < -0.4 is 10.1 Å². The van der Waals surface area contributed by atoms with E-state index in [9.17, 15) is 9.90 Å². The average Bonchev–Trinajstić information content (AvgIpc) is 3.25. The molecule has 7 heteroatoms. The van der Waals surface area contributed by atoms with E-state index in [0.717, 1.165) is 34.2 Å². The molecule has 0 spiro atoms. The third kappa shape index (κ3) is 5.08. The van der Waals surface area contributed by atoms with E-state index in [-0.39, 0.29) is 6.04 Å². The number of hydrogen-bond donors (Lipinski definition) is 2. The molecule has 0 radical (unpaired) electrons. The van der Waals surface area contributed by atoms with Crippen LogP contribution in [0.5, 0.6) is 5.75 Å². The van der Waals surface area contributed by atoms with Gasteiger partial charge in [0, 0.05) is 28.7 Å². The summed E-state index contributed by atoms with van der Waals surface area (Å²) in [6, 6.07) is 20.8. The Morgan fingerprint density at radius 1 is 1.15 bits per heavy atom. The van der Waals surface area contributed by atoms with Gasteiger partial charge in [-0.25, -0.2) is 9.78 Å². The average molecular weight is 479 g/mol. The number of para-hydroxylation sites is 3. The van der Waals surface area contributed by atoms with Crippen molar-refractivity contribution in [3.8, 4) is 17.2 Å². The van der Waals surface area contributed by atoms with Crippen LogP contribution in [0.25, 0.3) is 22.6 Å². The van der Waals surface area contributed by atoms with Crippen molar-refractivity contribution < 1.29 is 19.1 Å². The predicted octanol–water partition coefficient (Wildman–Crippen LogP) is 6.63. The number of carbonyl (C=O) groups is 1. The van der Waals surface area contributed by atoms with Gasteiger partial charge < -0.3 is 19.6 Å². The fourth-order valence-electron chi connectivity index (χ4n) is 3.78. The van der Waals surface area contributed by atoms with Crippen molar-refractivity contribution in [1.29, 1.82) is 0 Å². The molecule has 1 unspecified atom stereocenters. The van der Waals surface area contributed by atoms with Crippen LogP contribution in [0.3, 0.4) is 0 Å². The van der Waals surface area contributed by atoms with Gasteiger partial charge in [0.2, 0.25) is 5.89 Å². The van der Waals surface area contributed by atoms with Crippen LogP contribution in [0.2, 0.25) is 5.02 Å². The minimum atomic E-state index is -1.34. The number of nitrogens with one attached hydrogen (secondary N) is 1. The Kier molecular flexibility index (Phi) is 6.91. The lowest BCUT2D eigenvalue weighted by Crippen LogP contribution is -2.38. The molecule has 176 valence electrons. The number of halogens is 1. The summed E-state index contributed by atoms with van der Waals surface area (Å²) in [5, 5.41) is 13.7. The van der Waals surface area contributed by atoms with Gasteiger partial charge in [-0.3, -0.25) is 0 Å². The number of carboxylic acid groups (broad SMARTS) is 1. The zero-order chi connectivity index (χ0) is 24.3. The van der Waals surface area contributed by atoms with Crippen LogP contribution in [0, 0.1) is 0 Å². The van der Waals surface area contributed by atoms with Crippen molar-refractivity contribution in [1.82, 2.24) is 10.3 Å². The first-order chi connectivity index (χ1) is 16.3. The first-order valence-electron chi connectivity index (χ1n) is 11.2. The summed E-state index contributed by atoms with van der Waals surface area (Å²) in [5.74, 6) is 0.0393. The van der Waals surface area contributed by atoms with Crippen molar-refractivity contribution in [3.63, 3.8) is 0 Å². The third-order valence-corrected chi connectivity index (χ3v) is 5.95. The summed E-state index contributed by atoms with van der Waals surface area (Å²) in [6.07, 6.45) is 0.777. The Labute approximate surface area is 203 Å². The molecular formula is C27H27ClN2O4. The Morgan fingerprint density at radius 3 is 2.62 bits per heavy atom. The van der Waals surface area contributed by atoms with Gasteiger partial charge in [-0.15, -0.1) is 0 Å². The molecule has 1 atom stereocenters. The van der Waals surface area contributed by atoms with E-state index in [1.807, 2.05) is 60.7 Å². The van der Waals surface area contributed by atoms with Crippen molar-refractivity contribution in [2.75, 3.05) is 0 Å². The Hall–Kier alpha value is -3.35. The van der Waals surface area contributed by atoms with Gasteiger partial charge >= 0.3 is 5.97 Å². The smallest absolute Gasteiger partial charge is 0.347 e. The normalized spacial score (nSPS) is 12.6. The number of oxazole rings is 1. The minimum Gasteiger partial charge on any atom is -0.478 e. The first kappa shape index (κ1) is 23.8. The van der Waals surface area contributed by atoms with Gasteiger partial charge in [0.15, 0.2) is 11.2 Å². The SMILES string of the molecule is CCC(NCc1ccc(Cl)cc1-c1nc2ccccc2o1)c1ccccc1OC(C)(C)C(=O)O. The molecule has 4 rings (SSSR count). The molecule has 1 heterocycles. The molecule has 0 saturated carbocycles. The molecule has 1 aromatic heterocycles. The third-order valence-electron chi connectivity index (χ3n) is 5.72. The Balaban J connectivity index is 1.61. The highest BCUT2D eigenvalue weighted by Crippen LogP contribution is 2.32. The second-order valence-electron chi connectivity index (χ2n) is 8.59. The summed E-state index contributed by atoms with van der Waals surface area (Å²) in [6.45, 7) is 5.68. The van der Waals surface area contributed by atoms with Gasteiger partial charge in [0.1, 0.15) is 11.3 Å². The Morgan fingerprint density at radius 2 is 1.88 bits per heavy atom. The molecule has 34 heavy (non-hydrogen) atoms. The number of rotatable bonds is 9. The number of benzene rings is 3. The van der Waals surface area contributed by atoms with Crippen molar-refractivity contribution >= 4 is 28.7 Å². The summed E-state index contributed by atoms with van der Waals surface area (Å²) in [5.41, 5.74) is 2.87. The molecule has 4 aromatic rings. The number of carboxylic acids is 1. The fraction of sp³-hybridized carbons (Fsp3) is 0.259. The number of nitrogens with zero attached hydrogens (tertiary/aromatic N) is 1. The monoisotopic (exact) mass is 478 g/mol. The highest BCUT2D eigenvalue weighted by Gasteiger charge is 2.31. The lowest BCUT2D eigenvalue weighted by atomic mass is 10.0. The van der Waals surface area contributed by atoms with Gasteiger partial charge in [-0.2, -0.15) is 0 Å². The zero-order valence-electron chi connectivity index (χ0n) is 19.3. The van der Waals surface area contributed by atoms with Crippen molar-refractivity contribution in [2.45, 2.75) is 45.4 Å². The molecule has 0 saturated heterocycles. The van der Waals surface area contributed by atoms with Gasteiger partial charge in [-0.1, -0.05) is 54.9 Å². The highest BCUT2D eigenvalue weighted by atomic mass is 35.5. The second kappa shape index (κ2) is 9.87. The van der Waals surface area contributed by atoms with Crippen LogP contribution in [-0.2, 0) is 11.3 Å². The van der Waals surface area contributed by atoms with Crippen LogP contribution in [0.4, 0.5) is 0 Å². The summed E-state index contributed by atoms with van der Waals surface area (Å²) in [7, 11) is 0. The van der Waals surface area contributed by atoms with E-state index < -0.39 is 11.6 Å². The fourth-order valence-corrected chi connectivity index (χ4v) is 3.95. The van der Waals surface area contributed by atoms with E-state index in [1.165, 1.54) is 0 Å². The Bertz CT molecular complexity index is 1280. The maximum atomic E-state index is 11.6. The number of ether oxygens (including phenoxy) is 1. The molecule has 6 nitrogen and oxygen atoms in total. The highest BCUT2D eigenvalue weighted by molar-refractivity contribution is 6.30. The quantitative estimate of drug-likeness (QED) is 0.281.